The summed E-state index contributed by atoms with van der Waals surface area (Å²) >= 11 is 8.44. The van der Waals surface area contributed by atoms with Crippen molar-refractivity contribution in [2.75, 3.05) is 27.3 Å². The van der Waals surface area contributed by atoms with Crippen LogP contribution in [0.25, 0.3) is 10.2 Å². The van der Waals surface area contributed by atoms with Crippen LogP contribution >= 0.6 is 22.9 Å². The minimum Gasteiger partial charge on any atom is -0.383 e. The third kappa shape index (κ3) is 4.34. The molecule has 4 atom stereocenters. The lowest BCUT2D eigenvalue weighted by molar-refractivity contribution is 0.0406. The first-order chi connectivity index (χ1) is 17.4. The molecule has 0 N–H and O–H groups in total. The van der Waals surface area contributed by atoms with Crippen LogP contribution in [0.2, 0.25) is 5.02 Å². The van der Waals surface area contributed by atoms with E-state index in [0.29, 0.717) is 34.5 Å². The van der Waals surface area contributed by atoms with Crippen LogP contribution in [-0.2, 0) is 4.74 Å². The van der Waals surface area contributed by atoms with Crippen LogP contribution in [0.1, 0.15) is 71.4 Å². The van der Waals surface area contributed by atoms with Gasteiger partial charge in [-0.15, -0.1) is 11.3 Å². The third-order valence-corrected chi connectivity index (χ3v) is 9.67. The Morgan fingerprint density at radius 2 is 1.94 bits per heavy atom. The molecule has 1 saturated carbocycles. The maximum absolute atomic E-state index is 13.4. The van der Waals surface area contributed by atoms with Gasteiger partial charge >= 0.3 is 0 Å². The van der Waals surface area contributed by atoms with Crippen molar-refractivity contribution in [3.8, 4) is 0 Å². The molecule has 4 unspecified atom stereocenters. The number of hydrogen-bond acceptors (Lipinski definition) is 6. The van der Waals surface area contributed by atoms with E-state index < -0.39 is 0 Å². The van der Waals surface area contributed by atoms with Gasteiger partial charge in [0.25, 0.3) is 5.91 Å². The number of rotatable bonds is 7. The van der Waals surface area contributed by atoms with Crippen LogP contribution in [0.5, 0.6) is 0 Å². The molecular weight excluding hydrogens is 492 g/mol. The van der Waals surface area contributed by atoms with Crippen LogP contribution in [0.4, 0.5) is 0 Å². The molecule has 2 aliphatic heterocycles. The van der Waals surface area contributed by atoms with E-state index >= 15 is 0 Å². The molecule has 3 aliphatic rings. The van der Waals surface area contributed by atoms with E-state index in [9.17, 15) is 4.79 Å². The lowest BCUT2D eigenvalue weighted by Crippen LogP contribution is -2.51. The molecule has 190 valence electrons. The number of carbonyl (C=O) groups excluding carboxylic acids is 1. The summed E-state index contributed by atoms with van der Waals surface area (Å²) in [5.74, 6) is 1.57. The van der Waals surface area contributed by atoms with Gasteiger partial charge in [-0.05, 0) is 74.1 Å². The van der Waals surface area contributed by atoms with Gasteiger partial charge in [-0.3, -0.25) is 9.69 Å². The highest BCUT2D eigenvalue weighted by atomic mass is 35.5. The smallest absolute Gasteiger partial charge is 0.253 e. The van der Waals surface area contributed by atoms with E-state index in [4.69, 9.17) is 21.3 Å². The SMILES string of the molecule is COCCN1C2CCC1CC(N(C)C(=O)c1ccc(C3CC3c3nc(C)nc4sccc34)c(Cl)c1)C2. The van der Waals surface area contributed by atoms with Gasteiger partial charge in [0.2, 0.25) is 0 Å². The molecule has 3 aromatic rings. The van der Waals surface area contributed by atoms with Crippen molar-refractivity contribution in [1.82, 2.24) is 19.8 Å². The summed E-state index contributed by atoms with van der Waals surface area (Å²) in [6.07, 6.45) is 5.54. The molecule has 1 amide bonds. The van der Waals surface area contributed by atoms with E-state index in [2.05, 4.69) is 27.4 Å². The monoisotopic (exact) mass is 524 g/mol. The predicted octanol–water partition coefficient (Wildman–Crippen LogP) is 5.64. The second-order valence-corrected chi connectivity index (χ2v) is 11.9. The van der Waals surface area contributed by atoms with Gasteiger partial charge in [-0.1, -0.05) is 17.7 Å². The normalized spacial score (nSPS) is 27.5. The number of hydrogen-bond donors (Lipinski definition) is 0. The summed E-state index contributed by atoms with van der Waals surface area (Å²) in [6.45, 7) is 3.72. The van der Waals surface area contributed by atoms with Gasteiger partial charge in [0.15, 0.2) is 0 Å². The summed E-state index contributed by atoms with van der Waals surface area (Å²) in [7, 11) is 3.72. The maximum Gasteiger partial charge on any atom is 0.253 e. The Morgan fingerprint density at radius 3 is 2.67 bits per heavy atom. The number of carbonyl (C=O) groups is 1. The van der Waals surface area contributed by atoms with Crippen LogP contribution in [0, 0.1) is 6.92 Å². The first kappa shape index (κ1) is 24.3. The number of ether oxygens (including phenoxy) is 1. The molecule has 6 nitrogen and oxygen atoms in total. The van der Waals surface area contributed by atoms with Crippen molar-refractivity contribution in [3.05, 3.63) is 57.3 Å². The Bertz CT molecular complexity index is 1280. The Labute approximate surface area is 221 Å². The molecule has 6 rings (SSSR count). The van der Waals surface area contributed by atoms with Gasteiger partial charge in [-0.25, -0.2) is 9.97 Å². The number of nitrogens with zero attached hydrogens (tertiary/aromatic N) is 4. The van der Waals surface area contributed by atoms with Gasteiger partial charge in [0.05, 0.1) is 12.3 Å². The molecule has 2 bridgehead atoms. The molecule has 36 heavy (non-hydrogen) atoms. The van der Waals surface area contributed by atoms with Crippen LogP contribution in [0.3, 0.4) is 0 Å². The highest BCUT2D eigenvalue weighted by Gasteiger charge is 2.44. The van der Waals surface area contributed by atoms with Crippen molar-refractivity contribution in [2.45, 2.75) is 69.0 Å². The Balaban J connectivity index is 1.15. The molecule has 1 aromatic carbocycles. The highest BCUT2D eigenvalue weighted by molar-refractivity contribution is 7.16. The molecule has 2 saturated heterocycles. The highest BCUT2D eigenvalue weighted by Crippen LogP contribution is 2.57. The third-order valence-electron chi connectivity index (χ3n) is 8.54. The van der Waals surface area contributed by atoms with Crippen LogP contribution in [-0.4, -0.2) is 71.1 Å². The molecule has 1 aliphatic carbocycles. The van der Waals surface area contributed by atoms with Crippen molar-refractivity contribution >= 4 is 39.1 Å². The van der Waals surface area contributed by atoms with E-state index in [1.807, 2.05) is 31.0 Å². The van der Waals surface area contributed by atoms with E-state index in [0.717, 1.165) is 59.7 Å². The molecule has 0 spiro atoms. The fourth-order valence-corrected chi connectivity index (χ4v) is 7.70. The molecule has 0 radical (unpaired) electrons. The minimum atomic E-state index is 0.0666. The number of amides is 1. The second kappa shape index (κ2) is 9.67. The number of halogens is 1. The molecule has 8 heteroatoms. The van der Waals surface area contributed by atoms with Crippen LogP contribution < -0.4 is 0 Å². The lowest BCUT2D eigenvalue weighted by Gasteiger charge is -2.42. The fraction of sp³-hybridized carbons (Fsp3) is 0.536. The van der Waals surface area contributed by atoms with Crippen molar-refractivity contribution in [1.29, 1.82) is 0 Å². The second-order valence-electron chi connectivity index (χ2n) is 10.6. The fourth-order valence-electron chi connectivity index (χ4n) is 6.57. The van der Waals surface area contributed by atoms with E-state index in [1.54, 1.807) is 18.4 Å². The number of methoxy groups -OCH3 is 1. The van der Waals surface area contributed by atoms with Gasteiger partial charge in [0.1, 0.15) is 10.7 Å². The lowest BCUT2D eigenvalue weighted by atomic mass is 9.95. The predicted molar refractivity (Wildman–Crippen MR) is 144 cm³/mol. The van der Waals surface area contributed by atoms with E-state index in [-0.39, 0.29) is 11.9 Å². The maximum atomic E-state index is 13.4. The Hall–Kier alpha value is -2.06. The summed E-state index contributed by atoms with van der Waals surface area (Å²) in [5, 5.41) is 3.92. The van der Waals surface area contributed by atoms with Crippen molar-refractivity contribution in [2.24, 2.45) is 0 Å². The zero-order valence-electron chi connectivity index (χ0n) is 21.1. The molecule has 3 fully saturated rings. The number of piperidine rings is 1. The quantitative estimate of drug-likeness (QED) is 0.400. The summed E-state index contributed by atoms with van der Waals surface area (Å²) < 4.78 is 5.31. The number of benzene rings is 1. The molecular formula is C28H33ClN4O2S. The van der Waals surface area contributed by atoms with Gasteiger partial charge in [-0.2, -0.15) is 0 Å². The minimum absolute atomic E-state index is 0.0666. The summed E-state index contributed by atoms with van der Waals surface area (Å²) in [6, 6.07) is 9.40. The Kier molecular flexibility index (Phi) is 6.53. The zero-order chi connectivity index (χ0) is 25.0. The molecule has 2 aromatic heterocycles. The number of thiophene rings is 1. The number of fused-ring (bicyclic) bond motifs is 3. The standard InChI is InChI=1S/C28H33ClN4O2S/c1-16-30-26(22-8-11-36-27(22)31-16)24-15-23(24)21-7-4-17(12-25(21)29)28(34)32(2)20-13-18-5-6-19(14-20)33(18)9-10-35-3/h4,7-8,11-12,18-20,23-24H,5-6,9-10,13-15H2,1-3H3. The summed E-state index contributed by atoms with van der Waals surface area (Å²) in [4.78, 5) is 28.4. The van der Waals surface area contributed by atoms with Crippen molar-refractivity contribution < 1.29 is 9.53 Å². The van der Waals surface area contributed by atoms with E-state index in [1.165, 1.54) is 12.8 Å². The van der Waals surface area contributed by atoms with Gasteiger partial charge < -0.3 is 9.64 Å². The average molecular weight is 525 g/mol. The number of aryl methyl sites for hydroxylation is 1. The topological polar surface area (TPSA) is 58.6 Å². The van der Waals surface area contributed by atoms with Crippen molar-refractivity contribution in [3.63, 3.8) is 0 Å². The zero-order valence-corrected chi connectivity index (χ0v) is 22.7. The first-order valence-electron chi connectivity index (χ1n) is 13.0. The number of aromatic nitrogens is 2. The first-order valence-corrected chi connectivity index (χ1v) is 14.2. The van der Waals surface area contributed by atoms with Gasteiger partial charge in [0, 0.05) is 60.7 Å². The van der Waals surface area contributed by atoms with Crippen LogP contribution in [0.15, 0.2) is 29.6 Å². The average Bonchev–Trinajstić information content (AvgIpc) is 3.45. The summed E-state index contributed by atoms with van der Waals surface area (Å²) in [5.41, 5.74) is 2.92. The molecule has 4 heterocycles. The Morgan fingerprint density at radius 1 is 1.17 bits per heavy atom. The largest absolute Gasteiger partial charge is 0.383 e.